The fourth-order valence-electron chi connectivity index (χ4n) is 1.65. The van der Waals surface area contributed by atoms with Crippen molar-refractivity contribution in [1.29, 1.82) is 0 Å². The zero-order valence-corrected chi connectivity index (χ0v) is 29.7. The molecule has 22 heteroatoms. The summed E-state index contributed by atoms with van der Waals surface area (Å²) in [5.41, 5.74) is 0. The number of rotatable bonds is 0. The zero-order valence-electron chi connectivity index (χ0n) is 19.3. The van der Waals surface area contributed by atoms with Crippen LogP contribution in [-0.4, -0.2) is 103 Å². The molecule has 1 saturated heterocycles. The van der Waals surface area contributed by atoms with E-state index in [1.54, 1.807) is 0 Å². The monoisotopic (exact) mass is 874 g/mol. The maximum atomic E-state index is 11.4. The molecule has 0 atom stereocenters. The summed E-state index contributed by atoms with van der Waals surface area (Å²) in [7, 11) is 40.2. The van der Waals surface area contributed by atoms with Gasteiger partial charge in [-0.15, -0.1) is 0 Å². The van der Waals surface area contributed by atoms with E-state index in [4.69, 9.17) is 92.5 Å². The fourth-order valence-corrected chi connectivity index (χ4v) is 1.65. The molecule has 1 aliphatic heterocycles. The molecule has 1 heterocycles. The minimum atomic E-state index is -3.21. The van der Waals surface area contributed by atoms with Gasteiger partial charge in [0, 0.05) is 0 Å². The number of halogens is 8. The summed E-state index contributed by atoms with van der Waals surface area (Å²) in [5.74, 6) is -4.47. The van der Waals surface area contributed by atoms with Gasteiger partial charge in [0.25, 0.3) is 0 Å². The van der Waals surface area contributed by atoms with Gasteiger partial charge >= 0.3 is 123 Å². The first-order valence-electron chi connectivity index (χ1n) is 9.95. The van der Waals surface area contributed by atoms with Crippen molar-refractivity contribution in [3.63, 3.8) is 0 Å². The average Bonchev–Trinajstić information content (AvgIpc) is 2.78. The summed E-state index contributed by atoms with van der Waals surface area (Å²) in [6, 6.07) is 0. The molecule has 0 N–H and O–H groups in total. The third kappa shape index (κ3) is 39.7. The van der Waals surface area contributed by atoms with Crippen LogP contribution < -0.4 is 0 Å². The fraction of sp³-hybridized carbons (Fsp3) is 0.750. The summed E-state index contributed by atoms with van der Waals surface area (Å²) >= 11 is -6.42. The van der Waals surface area contributed by atoms with Crippen LogP contribution in [0, 0.1) is 0 Å². The van der Waals surface area contributed by atoms with E-state index in [1.807, 2.05) is 0 Å². The van der Waals surface area contributed by atoms with Gasteiger partial charge in [-0.3, -0.25) is 0 Å². The molecule has 0 aromatic carbocycles. The van der Waals surface area contributed by atoms with Crippen molar-refractivity contribution < 1.29 is 82.7 Å². The summed E-state index contributed by atoms with van der Waals surface area (Å²) in [4.78, 5) is 45.4. The molecule has 0 aliphatic carbocycles. The van der Waals surface area contributed by atoms with Crippen LogP contribution in [0.1, 0.15) is 0 Å². The Kier molecular flexibility index (Phi) is 28.7. The van der Waals surface area contributed by atoms with Crippen LogP contribution >= 0.6 is 73.5 Å². The topological polar surface area (TPSA) is 142 Å². The predicted molar refractivity (Wildman–Crippen MR) is 134 cm³/mol. The SMILES string of the molecule is O=C1OCCOCCOCCOC(=O)C(=O)OCCOCCOCCOC1=O.[Cl][Nb]([Cl])([Cl])[Cl].[Cl][Nb]([Cl])([Cl])[Cl]. The van der Waals surface area contributed by atoms with Crippen LogP contribution in [0.2, 0.25) is 0 Å². The molecule has 0 amide bonds. The number of cyclic esters (lactones) is 4. The second-order valence-corrected chi connectivity index (χ2v) is 45.8. The quantitative estimate of drug-likeness (QED) is 0.152. The minimum absolute atomic E-state index is 0.0618. The second kappa shape index (κ2) is 26.2. The molecule has 0 spiro atoms. The van der Waals surface area contributed by atoms with Crippen molar-refractivity contribution in [1.82, 2.24) is 0 Å². The number of hydrogen-bond acceptors (Lipinski definition) is 12. The van der Waals surface area contributed by atoms with Crippen molar-refractivity contribution in [2.24, 2.45) is 0 Å². The molecule has 1 fully saturated rings. The first-order valence-corrected chi connectivity index (χ1v) is 32.6. The van der Waals surface area contributed by atoms with Crippen molar-refractivity contribution >= 4 is 97.4 Å². The van der Waals surface area contributed by atoms with Crippen LogP contribution in [0.15, 0.2) is 0 Å². The number of hydrogen-bond donors (Lipinski definition) is 0. The van der Waals surface area contributed by atoms with E-state index in [-0.39, 0.29) is 79.3 Å². The molecule has 0 bridgehead atoms. The van der Waals surface area contributed by atoms with Gasteiger partial charge in [0.2, 0.25) is 0 Å². The van der Waals surface area contributed by atoms with Gasteiger partial charge < -0.3 is 37.9 Å². The molecular formula is C16H24Cl8Nb2O12. The molecule has 0 radical (unpaired) electrons. The first kappa shape index (κ1) is 41.7. The Morgan fingerprint density at radius 2 is 0.474 bits per heavy atom. The molecular weight excluding hydrogens is 854 g/mol. The Bertz CT molecular complexity index is 570. The van der Waals surface area contributed by atoms with E-state index >= 15 is 0 Å². The van der Waals surface area contributed by atoms with Crippen LogP contribution in [0.5, 0.6) is 0 Å². The van der Waals surface area contributed by atoms with Gasteiger partial charge in [0.15, 0.2) is 0 Å². The van der Waals surface area contributed by atoms with Crippen molar-refractivity contribution in [3.8, 4) is 0 Å². The summed E-state index contributed by atoms with van der Waals surface area (Å²) < 4.78 is 39.2. The van der Waals surface area contributed by atoms with Crippen molar-refractivity contribution in [2.45, 2.75) is 0 Å². The maximum absolute atomic E-state index is 11.4. The Morgan fingerprint density at radius 3 is 0.632 bits per heavy atom. The number of carbonyl (C=O) groups excluding carboxylic acids is 4. The van der Waals surface area contributed by atoms with E-state index in [0.717, 1.165) is 0 Å². The van der Waals surface area contributed by atoms with Gasteiger partial charge in [0.05, 0.1) is 52.9 Å². The van der Waals surface area contributed by atoms with Crippen LogP contribution in [0.25, 0.3) is 0 Å². The van der Waals surface area contributed by atoms with Gasteiger partial charge in [0.1, 0.15) is 26.4 Å². The molecule has 1 rings (SSSR count). The normalized spacial score (nSPS) is 18.9. The van der Waals surface area contributed by atoms with Crippen molar-refractivity contribution in [3.05, 3.63) is 0 Å². The number of ether oxygens (including phenoxy) is 8. The van der Waals surface area contributed by atoms with Gasteiger partial charge in [-0.25, -0.2) is 19.2 Å². The zero-order chi connectivity index (χ0) is 29.5. The third-order valence-electron chi connectivity index (χ3n) is 2.92. The Morgan fingerprint density at radius 1 is 0.342 bits per heavy atom. The average molecular weight is 878 g/mol. The summed E-state index contributed by atoms with van der Waals surface area (Å²) in [5, 5.41) is 0. The number of carbonyl (C=O) groups is 4. The number of esters is 4. The molecule has 0 aromatic heterocycles. The van der Waals surface area contributed by atoms with Gasteiger partial charge in [-0.2, -0.15) is 0 Å². The van der Waals surface area contributed by atoms with E-state index in [1.165, 1.54) is 0 Å². The van der Waals surface area contributed by atoms with E-state index in [2.05, 4.69) is 18.9 Å². The van der Waals surface area contributed by atoms with E-state index < -0.39 is 49.5 Å². The molecule has 12 nitrogen and oxygen atoms in total. The summed E-state index contributed by atoms with van der Waals surface area (Å²) in [6.07, 6.45) is 0. The molecule has 0 saturated carbocycles. The molecule has 38 heavy (non-hydrogen) atoms. The first-order chi connectivity index (χ1) is 17.6. The molecule has 0 unspecified atom stereocenters. The summed E-state index contributed by atoms with van der Waals surface area (Å²) in [6.45, 7) is 0.512. The van der Waals surface area contributed by atoms with Gasteiger partial charge in [-0.1, -0.05) is 0 Å². The molecule has 226 valence electrons. The molecule has 1 aliphatic rings. The standard InChI is InChI=1S/C16H24O12.8ClH.2Nb/c17-13-14(18)27-11-7-23-3-4-24-8-12-28-16(20)15(19)26-10-6-22-2-1-21-5-9-25-13;;;;;;;;;;/h1-12H2;8*1H;;/q;;;;;;;;;2*+4/p-8. The van der Waals surface area contributed by atoms with Crippen LogP contribution in [0.4, 0.5) is 0 Å². The van der Waals surface area contributed by atoms with Crippen molar-refractivity contribution in [2.75, 3.05) is 79.3 Å². The Labute approximate surface area is 256 Å². The second-order valence-electron chi connectivity index (χ2n) is 5.76. The Hall–Kier alpha value is 1.52. The van der Waals surface area contributed by atoms with E-state index in [0.29, 0.717) is 0 Å². The van der Waals surface area contributed by atoms with Crippen LogP contribution in [-0.2, 0) is 82.7 Å². The Balaban J connectivity index is 0. The third-order valence-corrected chi connectivity index (χ3v) is 2.92. The molecule has 0 aromatic rings. The van der Waals surface area contributed by atoms with Gasteiger partial charge in [-0.05, 0) is 0 Å². The van der Waals surface area contributed by atoms with Crippen LogP contribution in [0.3, 0.4) is 0 Å². The predicted octanol–water partition coefficient (Wildman–Crippen LogP) is 3.75. The van der Waals surface area contributed by atoms with E-state index in [9.17, 15) is 19.2 Å².